The number of rotatable bonds is 13. The lowest BCUT2D eigenvalue weighted by Crippen LogP contribution is -2.40. The lowest BCUT2D eigenvalue weighted by molar-refractivity contribution is 0.0547. The molecule has 0 saturated heterocycles. The van der Waals surface area contributed by atoms with Crippen LogP contribution in [0.5, 0.6) is 0 Å². The molecule has 1 amide bonds. The van der Waals surface area contributed by atoms with E-state index in [-0.39, 0.29) is 28.8 Å². The molecular formula is C43H61N5O6Si2. The molecule has 56 heavy (non-hydrogen) atoms. The van der Waals surface area contributed by atoms with Crippen LogP contribution in [0, 0.1) is 5.92 Å². The van der Waals surface area contributed by atoms with Crippen molar-refractivity contribution in [1.82, 2.24) is 18.9 Å². The number of hydrogen-bond acceptors (Lipinski definition) is 7. The Hall–Kier alpha value is -4.31. The van der Waals surface area contributed by atoms with Gasteiger partial charge in [0.05, 0.1) is 47.4 Å². The molecule has 0 fully saturated rings. The number of carbonyl (C=O) groups excluding carboxylic acids is 2. The van der Waals surface area contributed by atoms with Gasteiger partial charge in [-0.1, -0.05) is 71.6 Å². The van der Waals surface area contributed by atoms with E-state index in [2.05, 4.69) is 89.1 Å². The number of amides is 1. The van der Waals surface area contributed by atoms with Gasteiger partial charge >= 0.3 is 6.09 Å². The molecule has 1 aliphatic rings. The van der Waals surface area contributed by atoms with Gasteiger partial charge in [-0.3, -0.25) is 18.8 Å². The van der Waals surface area contributed by atoms with E-state index in [0.717, 1.165) is 29.0 Å². The van der Waals surface area contributed by atoms with Gasteiger partial charge in [0.2, 0.25) is 0 Å². The number of fused-ring (bicyclic) bond motifs is 1. The van der Waals surface area contributed by atoms with Gasteiger partial charge in [-0.2, -0.15) is 5.10 Å². The monoisotopic (exact) mass is 799 g/mol. The summed E-state index contributed by atoms with van der Waals surface area (Å²) in [5.74, 6) is 0.124. The Bertz CT molecular complexity index is 2190. The van der Waals surface area contributed by atoms with Crippen LogP contribution in [0.4, 0.5) is 10.5 Å². The van der Waals surface area contributed by atoms with Crippen molar-refractivity contribution in [2.45, 2.75) is 124 Å². The number of nitrogens with one attached hydrogen (secondary N) is 1. The highest BCUT2D eigenvalue weighted by atomic mass is 28.4. The first kappa shape index (κ1) is 42.8. The number of allylic oxidation sites excluding steroid dienone is 4. The summed E-state index contributed by atoms with van der Waals surface area (Å²) in [6.07, 6.45) is 11.7. The van der Waals surface area contributed by atoms with Gasteiger partial charge in [-0.15, -0.1) is 0 Å². The van der Waals surface area contributed by atoms with Crippen molar-refractivity contribution in [1.29, 1.82) is 0 Å². The Balaban J connectivity index is 1.55. The number of anilines is 1. The summed E-state index contributed by atoms with van der Waals surface area (Å²) in [6, 6.07) is 10.2. The van der Waals surface area contributed by atoms with Crippen molar-refractivity contribution in [3.63, 3.8) is 0 Å². The maximum atomic E-state index is 14.4. The molecule has 1 atom stereocenters. The van der Waals surface area contributed by atoms with Gasteiger partial charge in [0.25, 0.3) is 11.5 Å². The lowest BCUT2D eigenvalue weighted by atomic mass is 9.99. The molecule has 1 aliphatic carbocycles. The molecular weight excluding hydrogens is 739 g/mol. The highest BCUT2D eigenvalue weighted by molar-refractivity contribution is 6.76. The van der Waals surface area contributed by atoms with E-state index in [1.807, 2.05) is 24.3 Å². The standard InChI is InChI=1S/C43H61N5O6Si2/c1-30-13-15-31(16-14-30)25-47-26-34(24-44-47)39(49)45-35-23-36(40(50)46(27-35)29-52-19-20-55(8,9)10)38-22-33-21-32(28-53-56(11,12)43(5,6)7)17-18-37(33)48(38)41(51)54-42(2,3)4/h13,15-18,21-24,26-27,30H,14,19-20,25,28-29H2,1-12H3,(H,45,49). The zero-order valence-corrected chi connectivity index (χ0v) is 37.4. The van der Waals surface area contributed by atoms with Crippen LogP contribution < -0.4 is 10.9 Å². The van der Waals surface area contributed by atoms with Gasteiger partial charge in [0, 0.05) is 32.5 Å². The molecule has 0 saturated carbocycles. The number of benzene rings is 1. The van der Waals surface area contributed by atoms with Crippen LogP contribution in [-0.2, 0) is 33.8 Å². The molecule has 3 aromatic heterocycles. The number of aromatic nitrogens is 4. The van der Waals surface area contributed by atoms with Crippen LogP contribution in [0.2, 0.25) is 43.8 Å². The smallest absolute Gasteiger partial charge is 0.419 e. The molecule has 1 unspecified atom stereocenters. The summed E-state index contributed by atoms with van der Waals surface area (Å²) in [5, 5.41) is 8.21. The average Bonchev–Trinajstić information content (AvgIpc) is 3.71. The van der Waals surface area contributed by atoms with Crippen molar-refractivity contribution in [3.05, 3.63) is 94.2 Å². The Labute approximate surface area is 333 Å². The van der Waals surface area contributed by atoms with Crippen molar-refractivity contribution in [3.8, 4) is 11.3 Å². The maximum Gasteiger partial charge on any atom is 0.419 e. The SMILES string of the molecule is CC1C=CC(Cn2cc(C(=O)Nc3cc(-c4cc5cc(CO[Si](C)(C)C(C)(C)C)ccc5n4C(=O)OC(C)(C)C)c(=O)n(COCC[Si](C)(C)C)c3)cn2)=CC1. The van der Waals surface area contributed by atoms with Gasteiger partial charge in [-0.25, -0.2) is 9.36 Å². The summed E-state index contributed by atoms with van der Waals surface area (Å²) in [6.45, 7) is 26.9. The van der Waals surface area contributed by atoms with E-state index < -0.39 is 28.1 Å². The summed E-state index contributed by atoms with van der Waals surface area (Å²) >= 11 is 0. The fraction of sp³-hybridized carbons (Fsp3) is 0.488. The van der Waals surface area contributed by atoms with Gasteiger partial charge in [0.1, 0.15) is 12.3 Å². The molecule has 0 spiro atoms. The number of ether oxygens (including phenoxy) is 2. The molecule has 11 nitrogen and oxygen atoms in total. The molecule has 0 bridgehead atoms. The van der Waals surface area contributed by atoms with E-state index in [4.69, 9.17) is 13.9 Å². The second-order valence-electron chi connectivity index (χ2n) is 18.8. The lowest BCUT2D eigenvalue weighted by Gasteiger charge is -2.36. The predicted molar refractivity (Wildman–Crippen MR) is 231 cm³/mol. The number of pyridine rings is 1. The first-order valence-corrected chi connectivity index (χ1v) is 26.2. The Kier molecular flexibility index (Phi) is 12.7. The molecule has 302 valence electrons. The minimum atomic E-state index is -2.03. The maximum absolute atomic E-state index is 14.4. The number of carbonyl (C=O) groups is 2. The summed E-state index contributed by atoms with van der Waals surface area (Å²) < 4.78 is 23.1. The highest BCUT2D eigenvalue weighted by Gasteiger charge is 2.37. The van der Waals surface area contributed by atoms with Gasteiger partial charge in [-0.05, 0) is 92.7 Å². The van der Waals surface area contributed by atoms with Crippen molar-refractivity contribution >= 4 is 45.0 Å². The second-order valence-corrected chi connectivity index (χ2v) is 29.2. The summed E-state index contributed by atoms with van der Waals surface area (Å²) in [5.41, 5.74) is 2.79. The molecule has 0 aliphatic heterocycles. The van der Waals surface area contributed by atoms with Crippen LogP contribution in [0.25, 0.3) is 22.2 Å². The fourth-order valence-corrected chi connectivity index (χ4v) is 7.63. The molecule has 3 heterocycles. The molecule has 4 aromatic rings. The first-order valence-electron chi connectivity index (χ1n) is 19.5. The third-order valence-corrected chi connectivity index (χ3v) is 16.5. The molecule has 13 heteroatoms. The largest absolute Gasteiger partial charge is 0.443 e. The minimum absolute atomic E-state index is 0.0270. The van der Waals surface area contributed by atoms with E-state index in [0.29, 0.717) is 48.1 Å². The van der Waals surface area contributed by atoms with Crippen molar-refractivity contribution in [2.24, 2.45) is 5.92 Å². The van der Waals surface area contributed by atoms with Crippen LogP contribution in [0.1, 0.15) is 70.8 Å². The Morgan fingerprint density at radius 3 is 2.38 bits per heavy atom. The zero-order valence-electron chi connectivity index (χ0n) is 35.4. The van der Waals surface area contributed by atoms with E-state index in [1.54, 1.807) is 43.9 Å². The molecule has 1 N–H and O–H groups in total. The van der Waals surface area contributed by atoms with E-state index in [1.165, 1.54) is 15.3 Å². The number of nitrogens with zero attached hydrogens (tertiary/aromatic N) is 4. The third kappa shape index (κ3) is 11.0. The van der Waals surface area contributed by atoms with E-state index >= 15 is 0 Å². The Morgan fingerprint density at radius 2 is 1.73 bits per heavy atom. The topological polar surface area (TPSA) is 119 Å². The predicted octanol–water partition coefficient (Wildman–Crippen LogP) is 10.1. The Morgan fingerprint density at radius 1 is 1.00 bits per heavy atom. The van der Waals surface area contributed by atoms with Crippen LogP contribution in [0.3, 0.4) is 0 Å². The normalized spacial score (nSPS) is 15.3. The minimum Gasteiger partial charge on any atom is -0.443 e. The van der Waals surface area contributed by atoms with Crippen LogP contribution in [0.15, 0.2) is 77.5 Å². The van der Waals surface area contributed by atoms with Gasteiger partial charge in [0.15, 0.2) is 8.32 Å². The number of hydrogen-bond donors (Lipinski definition) is 1. The summed E-state index contributed by atoms with van der Waals surface area (Å²) in [4.78, 5) is 42.0. The van der Waals surface area contributed by atoms with Crippen LogP contribution >= 0.6 is 0 Å². The molecule has 0 radical (unpaired) electrons. The average molecular weight is 800 g/mol. The van der Waals surface area contributed by atoms with Crippen molar-refractivity contribution < 1.29 is 23.5 Å². The van der Waals surface area contributed by atoms with Crippen molar-refractivity contribution in [2.75, 3.05) is 11.9 Å². The molecule has 1 aromatic carbocycles. The second kappa shape index (κ2) is 16.7. The fourth-order valence-electron chi connectivity index (χ4n) is 5.91. The quantitative estimate of drug-likeness (QED) is 0.106. The molecule has 5 rings (SSSR count). The summed E-state index contributed by atoms with van der Waals surface area (Å²) in [7, 11) is -3.42. The third-order valence-electron chi connectivity index (χ3n) is 10.3. The zero-order chi connectivity index (χ0) is 41.2. The van der Waals surface area contributed by atoms with E-state index in [9.17, 15) is 14.4 Å². The highest BCUT2D eigenvalue weighted by Crippen LogP contribution is 2.37. The van der Waals surface area contributed by atoms with Gasteiger partial charge < -0.3 is 19.2 Å². The van der Waals surface area contributed by atoms with Crippen LogP contribution in [-0.4, -0.2) is 59.5 Å². The first-order chi connectivity index (χ1) is 26.0.